The van der Waals surface area contributed by atoms with Crippen LogP contribution in [0.5, 0.6) is 0 Å². The number of nitrogens with one attached hydrogen (secondary N) is 1. The second-order valence-electron chi connectivity index (χ2n) is 4.41. The maximum Gasteiger partial charge on any atom is 0.227 e. The van der Waals surface area contributed by atoms with E-state index < -0.39 is 5.41 Å². The molecular formula is C12H18N2O2S. The standard InChI is InChI=1S/C12H18N2O2S/c13-9-12(2-4-16-5-3-12)11(15)14-7-10-1-6-17-8-10/h1,6,8H,2-5,7,9,13H2,(H,14,15). The molecule has 1 amide bonds. The number of amides is 1. The van der Waals surface area contributed by atoms with Crippen molar-refractivity contribution < 1.29 is 9.53 Å². The molecule has 0 aliphatic carbocycles. The van der Waals surface area contributed by atoms with Crippen molar-refractivity contribution in [2.75, 3.05) is 19.8 Å². The molecule has 3 N–H and O–H groups in total. The van der Waals surface area contributed by atoms with E-state index in [-0.39, 0.29) is 5.91 Å². The van der Waals surface area contributed by atoms with E-state index in [0.29, 0.717) is 26.3 Å². The predicted octanol–water partition coefficient (Wildman–Crippen LogP) is 1.12. The average molecular weight is 254 g/mol. The van der Waals surface area contributed by atoms with Crippen molar-refractivity contribution in [1.29, 1.82) is 0 Å². The molecule has 2 heterocycles. The number of hydrogen-bond acceptors (Lipinski definition) is 4. The summed E-state index contributed by atoms with van der Waals surface area (Å²) in [6, 6.07) is 2.02. The third kappa shape index (κ3) is 2.86. The van der Waals surface area contributed by atoms with Crippen LogP contribution < -0.4 is 11.1 Å². The van der Waals surface area contributed by atoms with Crippen molar-refractivity contribution in [3.05, 3.63) is 22.4 Å². The Hall–Kier alpha value is -0.910. The van der Waals surface area contributed by atoms with Gasteiger partial charge in [0.1, 0.15) is 0 Å². The number of thiophene rings is 1. The minimum absolute atomic E-state index is 0.0644. The lowest BCUT2D eigenvalue weighted by Crippen LogP contribution is -2.48. The third-order valence-corrected chi connectivity index (χ3v) is 4.09. The quantitative estimate of drug-likeness (QED) is 0.846. The van der Waals surface area contributed by atoms with Gasteiger partial charge in [-0.15, -0.1) is 0 Å². The maximum atomic E-state index is 12.2. The molecule has 0 aromatic carbocycles. The molecule has 1 aromatic rings. The summed E-state index contributed by atoms with van der Waals surface area (Å²) in [5.41, 5.74) is 6.49. The van der Waals surface area contributed by atoms with E-state index in [0.717, 1.165) is 18.4 Å². The Labute approximate surface area is 105 Å². The first kappa shape index (κ1) is 12.5. The highest BCUT2D eigenvalue weighted by Gasteiger charge is 2.38. The van der Waals surface area contributed by atoms with E-state index in [9.17, 15) is 4.79 Å². The van der Waals surface area contributed by atoms with Gasteiger partial charge in [-0.1, -0.05) is 0 Å². The molecule has 0 radical (unpaired) electrons. The fourth-order valence-electron chi connectivity index (χ4n) is 2.05. The summed E-state index contributed by atoms with van der Waals surface area (Å²) in [4.78, 5) is 12.2. The smallest absolute Gasteiger partial charge is 0.227 e. The molecule has 1 aromatic heterocycles. The lowest BCUT2D eigenvalue weighted by molar-refractivity contribution is -0.136. The highest BCUT2D eigenvalue weighted by Crippen LogP contribution is 2.29. The molecule has 5 heteroatoms. The largest absolute Gasteiger partial charge is 0.381 e. The van der Waals surface area contributed by atoms with E-state index in [1.54, 1.807) is 11.3 Å². The van der Waals surface area contributed by atoms with Crippen LogP contribution >= 0.6 is 11.3 Å². The molecule has 2 rings (SSSR count). The first-order valence-corrected chi connectivity index (χ1v) is 6.78. The Bertz CT molecular complexity index is 359. The van der Waals surface area contributed by atoms with Crippen LogP contribution in [-0.4, -0.2) is 25.7 Å². The van der Waals surface area contributed by atoms with Crippen molar-refractivity contribution in [3.8, 4) is 0 Å². The van der Waals surface area contributed by atoms with Crippen LogP contribution in [0, 0.1) is 5.41 Å². The first-order chi connectivity index (χ1) is 8.27. The monoisotopic (exact) mass is 254 g/mol. The van der Waals surface area contributed by atoms with Gasteiger partial charge < -0.3 is 15.8 Å². The zero-order valence-corrected chi connectivity index (χ0v) is 10.6. The molecule has 94 valence electrons. The number of nitrogens with two attached hydrogens (primary N) is 1. The van der Waals surface area contributed by atoms with Gasteiger partial charge in [-0.25, -0.2) is 0 Å². The van der Waals surface area contributed by atoms with E-state index in [1.165, 1.54) is 0 Å². The minimum atomic E-state index is -0.422. The van der Waals surface area contributed by atoms with Crippen LogP contribution in [0.4, 0.5) is 0 Å². The van der Waals surface area contributed by atoms with Gasteiger partial charge in [-0.05, 0) is 35.2 Å². The lowest BCUT2D eigenvalue weighted by Gasteiger charge is -2.34. The maximum absolute atomic E-state index is 12.2. The molecule has 1 saturated heterocycles. The molecule has 17 heavy (non-hydrogen) atoms. The normalized spacial score (nSPS) is 18.9. The van der Waals surface area contributed by atoms with Crippen LogP contribution in [0.3, 0.4) is 0 Å². The van der Waals surface area contributed by atoms with Crippen LogP contribution in [0.25, 0.3) is 0 Å². The molecule has 0 spiro atoms. The predicted molar refractivity (Wildman–Crippen MR) is 67.7 cm³/mol. The third-order valence-electron chi connectivity index (χ3n) is 3.36. The number of carbonyl (C=O) groups excluding carboxylic acids is 1. The summed E-state index contributed by atoms with van der Waals surface area (Å²) in [7, 11) is 0. The van der Waals surface area contributed by atoms with Gasteiger partial charge in [-0.3, -0.25) is 4.79 Å². The summed E-state index contributed by atoms with van der Waals surface area (Å²) in [6.07, 6.45) is 1.44. The molecule has 1 aliphatic rings. The topological polar surface area (TPSA) is 64.4 Å². The number of hydrogen-bond donors (Lipinski definition) is 2. The van der Waals surface area contributed by atoms with Gasteiger partial charge in [0.2, 0.25) is 5.91 Å². The molecular weight excluding hydrogens is 236 g/mol. The Morgan fingerprint density at radius 1 is 1.53 bits per heavy atom. The van der Waals surface area contributed by atoms with Crippen LogP contribution in [0.2, 0.25) is 0 Å². The highest BCUT2D eigenvalue weighted by molar-refractivity contribution is 7.07. The molecule has 0 atom stereocenters. The Morgan fingerprint density at radius 3 is 2.88 bits per heavy atom. The van der Waals surface area contributed by atoms with Crippen LogP contribution in [0.1, 0.15) is 18.4 Å². The Balaban J connectivity index is 1.93. The van der Waals surface area contributed by atoms with Gasteiger partial charge in [0.05, 0.1) is 5.41 Å². The van der Waals surface area contributed by atoms with Gasteiger partial charge in [0.15, 0.2) is 0 Å². The SMILES string of the molecule is NCC1(C(=O)NCc2ccsc2)CCOCC1. The fraction of sp³-hybridized carbons (Fsp3) is 0.583. The van der Waals surface area contributed by atoms with Crippen LogP contribution in [0.15, 0.2) is 16.8 Å². The van der Waals surface area contributed by atoms with Crippen molar-refractivity contribution in [1.82, 2.24) is 5.32 Å². The first-order valence-electron chi connectivity index (χ1n) is 5.84. The number of carbonyl (C=O) groups is 1. The summed E-state index contributed by atoms with van der Waals surface area (Å²) in [6.45, 7) is 2.24. The van der Waals surface area contributed by atoms with Crippen molar-refractivity contribution in [2.45, 2.75) is 19.4 Å². The summed E-state index contributed by atoms with van der Waals surface area (Å²) < 4.78 is 5.29. The molecule has 0 bridgehead atoms. The lowest BCUT2D eigenvalue weighted by atomic mass is 9.79. The van der Waals surface area contributed by atoms with Gasteiger partial charge in [0.25, 0.3) is 0 Å². The van der Waals surface area contributed by atoms with E-state index in [4.69, 9.17) is 10.5 Å². The van der Waals surface area contributed by atoms with E-state index >= 15 is 0 Å². The average Bonchev–Trinajstić information content (AvgIpc) is 2.90. The van der Waals surface area contributed by atoms with Crippen molar-refractivity contribution in [2.24, 2.45) is 11.1 Å². The zero-order valence-electron chi connectivity index (χ0n) is 9.78. The minimum Gasteiger partial charge on any atom is -0.381 e. The van der Waals surface area contributed by atoms with Crippen LogP contribution in [-0.2, 0) is 16.1 Å². The van der Waals surface area contributed by atoms with Crippen molar-refractivity contribution >= 4 is 17.2 Å². The Kier molecular flexibility index (Phi) is 4.15. The zero-order chi connectivity index (χ0) is 12.1. The second kappa shape index (κ2) is 5.62. The van der Waals surface area contributed by atoms with E-state index in [1.807, 2.05) is 16.8 Å². The van der Waals surface area contributed by atoms with Gasteiger partial charge >= 0.3 is 0 Å². The summed E-state index contributed by atoms with van der Waals surface area (Å²) >= 11 is 1.64. The van der Waals surface area contributed by atoms with E-state index in [2.05, 4.69) is 5.32 Å². The van der Waals surface area contributed by atoms with Gasteiger partial charge in [-0.2, -0.15) is 11.3 Å². The summed E-state index contributed by atoms with van der Waals surface area (Å²) in [5, 5.41) is 7.03. The number of rotatable bonds is 4. The summed E-state index contributed by atoms with van der Waals surface area (Å²) in [5.74, 6) is 0.0644. The second-order valence-corrected chi connectivity index (χ2v) is 5.19. The molecule has 0 unspecified atom stereocenters. The van der Waals surface area contributed by atoms with Gasteiger partial charge in [0, 0.05) is 26.3 Å². The molecule has 1 fully saturated rings. The number of ether oxygens (including phenoxy) is 1. The van der Waals surface area contributed by atoms with Crippen molar-refractivity contribution in [3.63, 3.8) is 0 Å². The Morgan fingerprint density at radius 2 is 2.29 bits per heavy atom. The fourth-order valence-corrected chi connectivity index (χ4v) is 2.72. The molecule has 4 nitrogen and oxygen atoms in total. The molecule has 0 saturated carbocycles. The highest BCUT2D eigenvalue weighted by atomic mass is 32.1. The molecule has 1 aliphatic heterocycles.